The van der Waals surface area contributed by atoms with Crippen LogP contribution in [0.2, 0.25) is 0 Å². The molecule has 2 N–H and O–H groups in total. The maximum atomic E-state index is 13.8. The average molecular weight is 658 g/mol. The van der Waals surface area contributed by atoms with Crippen molar-refractivity contribution in [1.82, 2.24) is 14.9 Å². The van der Waals surface area contributed by atoms with Crippen LogP contribution >= 0.6 is 0 Å². The minimum absolute atomic E-state index is 0.0597. The van der Waals surface area contributed by atoms with Gasteiger partial charge in [0.1, 0.15) is 0 Å². The maximum Gasteiger partial charge on any atom is 0.254 e. The number of nitrogens with one attached hydrogen (secondary N) is 2. The molecule has 0 radical (unpaired) electrons. The lowest BCUT2D eigenvalue weighted by Crippen LogP contribution is -2.42. The number of carbonyl (C=O) groups is 1. The number of nitrogens with zero attached hydrogens (tertiary/aromatic N) is 1. The molecule has 6 aromatic carbocycles. The van der Waals surface area contributed by atoms with Gasteiger partial charge in [-0.05, 0) is 65.9 Å². The van der Waals surface area contributed by atoms with Gasteiger partial charge >= 0.3 is 0 Å². The van der Waals surface area contributed by atoms with E-state index in [0.29, 0.717) is 5.56 Å². The summed E-state index contributed by atoms with van der Waals surface area (Å²) in [4.78, 5) is 17.8. The smallest absolute Gasteiger partial charge is 0.254 e. The fraction of sp³-hybridized carbons (Fsp3) is 0.0851. The van der Waals surface area contributed by atoms with Gasteiger partial charge in [-0.3, -0.25) is 4.79 Å². The van der Waals surface area contributed by atoms with Gasteiger partial charge in [0, 0.05) is 49.8 Å². The lowest BCUT2D eigenvalue weighted by atomic mass is 9.80. The fourth-order valence-electron chi connectivity index (χ4n) is 8.85. The quantitative estimate of drug-likeness (QED) is 0.190. The van der Waals surface area contributed by atoms with Crippen molar-refractivity contribution in [3.05, 3.63) is 208 Å². The first-order valence-electron chi connectivity index (χ1n) is 17.6. The lowest BCUT2D eigenvalue weighted by Gasteiger charge is -2.27. The molecule has 0 fully saturated rings. The number of fused-ring (bicyclic) bond motifs is 7. The summed E-state index contributed by atoms with van der Waals surface area (Å²) >= 11 is 0. The van der Waals surface area contributed by atoms with Crippen LogP contribution < -0.4 is 5.32 Å². The molecule has 0 saturated carbocycles. The topological polar surface area (TPSA) is 49.8 Å². The molecule has 51 heavy (non-hydrogen) atoms. The van der Waals surface area contributed by atoms with E-state index in [0.717, 1.165) is 50.1 Å². The number of aromatic amines is 1. The molecular formula is C47H35N3O. The molecule has 0 saturated heterocycles. The van der Waals surface area contributed by atoms with Crippen LogP contribution in [0.15, 0.2) is 158 Å². The second-order valence-corrected chi connectivity index (χ2v) is 13.9. The third kappa shape index (κ3) is 4.17. The zero-order valence-corrected chi connectivity index (χ0v) is 28.4. The van der Waals surface area contributed by atoms with Crippen molar-refractivity contribution < 1.29 is 4.79 Å². The summed E-state index contributed by atoms with van der Waals surface area (Å²) in [5.41, 5.74) is 14.8. The lowest BCUT2D eigenvalue weighted by molar-refractivity contribution is 0.0937. The van der Waals surface area contributed by atoms with Crippen molar-refractivity contribution in [2.24, 2.45) is 0 Å². The zero-order valence-electron chi connectivity index (χ0n) is 28.4. The Labute approximate surface area is 296 Å². The first kappa shape index (κ1) is 29.5. The Balaban J connectivity index is 1.38. The van der Waals surface area contributed by atoms with E-state index in [1.54, 1.807) is 0 Å². The zero-order chi connectivity index (χ0) is 34.3. The highest BCUT2D eigenvalue weighted by Crippen LogP contribution is 2.55. The third-order valence-electron chi connectivity index (χ3n) is 11.1. The van der Waals surface area contributed by atoms with Crippen LogP contribution in [0.25, 0.3) is 38.5 Å². The van der Waals surface area contributed by atoms with Gasteiger partial charge in [0.2, 0.25) is 0 Å². The molecule has 4 heterocycles. The van der Waals surface area contributed by atoms with Gasteiger partial charge in [-0.1, -0.05) is 133 Å². The largest absolute Gasteiger partial charge is 0.357 e. The molecular weight excluding hydrogens is 623 g/mol. The molecule has 1 unspecified atom stereocenters. The van der Waals surface area contributed by atoms with Gasteiger partial charge in [0.25, 0.3) is 5.91 Å². The van der Waals surface area contributed by atoms with E-state index in [-0.39, 0.29) is 11.8 Å². The molecule has 4 nitrogen and oxygen atoms in total. The molecule has 1 atom stereocenters. The van der Waals surface area contributed by atoms with Gasteiger partial charge in [0.05, 0.1) is 17.1 Å². The highest BCUT2D eigenvalue weighted by atomic mass is 16.2. The number of carbonyl (C=O) groups excluding carboxylic acids is 1. The minimum Gasteiger partial charge on any atom is -0.357 e. The summed E-state index contributed by atoms with van der Waals surface area (Å²) in [6, 6.07) is 53.6. The molecule has 10 rings (SSSR count). The fourth-order valence-corrected chi connectivity index (χ4v) is 8.85. The summed E-state index contributed by atoms with van der Waals surface area (Å²) in [6.07, 6.45) is 2.28. The predicted molar refractivity (Wildman–Crippen MR) is 207 cm³/mol. The third-order valence-corrected chi connectivity index (χ3v) is 11.1. The van der Waals surface area contributed by atoms with Gasteiger partial charge < -0.3 is 14.9 Å². The molecule has 4 heteroatoms. The van der Waals surface area contributed by atoms with Crippen molar-refractivity contribution in [3.63, 3.8) is 0 Å². The molecule has 8 aromatic rings. The Morgan fingerprint density at radius 3 is 1.96 bits per heavy atom. The molecule has 2 aliphatic rings. The second kappa shape index (κ2) is 11.1. The van der Waals surface area contributed by atoms with Crippen LogP contribution in [0.4, 0.5) is 0 Å². The van der Waals surface area contributed by atoms with Crippen LogP contribution in [0.1, 0.15) is 61.0 Å². The highest BCUT2D eigenvalue weighted by Gasteiger charge is 2.50. The van der Waals surface area contributed by atoms with Crippen molar-refractivity contribution in [2.75, 3.05) is 0 Å². The van der Waals surface area contributed by atoms with Gasteiger partial charge in [0.15, 0.2) is 5.66 Å². The molecule has 1 amide bonds. The van der Waals surface area contributed by atoms with E-state index in [4.69, 9.17) is 0 Å². The number of amides is 1. The number of benzene rings is 6. The van der Waals surface area contributed by atoms with Gasteiger partial charge in [-0.25, -0.2) is 0 Å². The summed E-state index contributed by atoms with van der Waals surface area (Å²) in [5, 5.41) is 5.80. The van der Waals surface area contributed by atoms with Crippen LogP contribution in [0.3, 0.4) is 0 Å². The standard InChI is InChI=1S/C47H35N3O/c1-29-16-6-8-20-32(29)41(33-21-9-7-17-30(33)2)44-42(35-23-11-14-26-39(35)48-44)43-36-24-12-15-27-40(36)50-45(43)37(31-18-4-3-5-19-31)28-47(50)38-25-13-10-22-34(38)46(51)49-47/h3-28,41,48H,1-2H3,(H,49,51). The molecule has 2 aliphatic heterocycles. The van der Waals surface area contributed by atoms with Crippen molar-refractivity contribution in [3.8, 4) is 11.1 Å². The van der Waals surface area contributed by atoms with Gasteiger partial charge in [-0.15, -0.1) is 0 Å². The van der Waals surface area contributed by atoms with Crippen LogP contribution in [-0.2, 0) is 5.66 Å². The number of para-hydroxylation sites is 2. The Morgan fingerprint density at radius 2 is 1.22 bits per heavy atom. The predicted octanol–water partition coefficient (Wildman–Crippen LogP) is 10.5. The number of aromatic nitrogens is 2. The number of aryl methyl sites for hydroxylation is 2. The maximum absolute atomic E-state index is 13.8. The molecule has 2 aromatic heterocycles. The Kier molecular flexibility index (Phi) is 6.40. The number of hydrogen-bond acceptors (Lipinski definition) is 1. The van der Waals surface area contributed by atoms with E-state index < -0.39 is 5.66 Å². The first-order valence-corrected chi connectivity index (χ1v) is 17.6. The van der Waals surface area contributed by atoms with Crippen molar-refractivity contribution in [2.45, 2.75) is 25.4 Å². The Hall–Kier alpha value is -6.39. The average Bonchev–Trinajstić information content (AvgIpc) is 3.89. The molecule has 244 valence electrons. The second-order valence-electron chi connectivity index (χ2n) is 13.9. The Morgan fingerprint density at radius 1 is 0.608 bits per heavy atom. The van der Waals surface area contributed by atoms with E-state index in [1.165, 1.54) is 33.2 Å². The molecule has 0 aliphatic carbocycles. The normalized spacial score (nSPS) is 16.2. The Bertz CT molecular complexity index is 2680. The van der Waals surface area contributed by atoms with Crippen LogP contribution in [0, 0.1) is 13.8 Å². The van der Waals surface area contributed by atoms with Crippen LogP contribution in [0.5, 0.6) is 0 Å². The van der Waals surface area contributed by atoms with Gasteiger partial charge in [-0.2, -0.15) is 0 Å². The van der Waals surface area contributed by atoms with E-state index >= 15 is 0 Å². The summed E-state index contributed by atoms with van der Waals surface area (Å²) in [6.45, 7) is 4.43. The molecule has 1 spiro atoms. The molecule has 0 bridgehead atoms. The van der Waals surface area contributed by atoms with Crippen LogP contribution in [-0.4, -0.2) is 15.5 Å². The van der Waals surface area contributed by atoms with E-state index in [1.807, 2.05) is 18.2 Å². The number of hydrogen-bond donors (Lipinski definition) is 2. The van der Waals surface area contributed by atoms with E-state index in [2.05, 4.69) is 168 Å². The number of rotatable bonds is 5. The first-order chi connectivity index (χ1) is 25.0. The SMILES string of the molecule is Cc1ccccc1C(c1ccccc1C)c1[nH]c2ccccc2c1-c1c2n(c3ccccc13)C1(C=C2c2ccccc2)NC(=O)c2ccccc21. The monoisotopic (exact) mass is 657 g/mol. The summed E-state index contributed by atoms with van der Waals surface area (Å²) in [5.74, 6) is -0.121. The van der Waals surface area contributed by atoms with E-state index in [9.17, 15) is 4.79 Å². The minimum atomic E-state index is -0.885. The van der Waals surface area contributed by atoms with Crippen molar-refractivity contribution in [1.29, 1.82) is 0 Å². The number of H-pyrrole nitrogens is 1. The summed E-state index contributed by atoms with van der Waals surface area (Å²) in [7, 11) is 0. The summed E-state index contributed by atoms with van der Waals surface area (Å²) < 4.78 is 2.39. The van der Waals surface area contributed by atoms with Crippen molar-refractivity contribution >= 4 is 33.3 Å². The highest BCUT2D eigenvalue weighted by molar-refractivity contribution is 6.14.